The predicted octanol–water partition coefficient (Wildman–Crippen LogP) is 8.00. The van der Waals surface area contributed by atoms with Gasteiger partial charge in [-0.25, -0.2) is 0 Å². The van der Waals surface area contributed by atoms with E-state index in [1.54, 1.807) is 0 Å². The second-order valence-corrected chi connectivity index (χ2v) is 8.83. The van der Waals surface area contributed by atoms with Gasteiger partial charge in [0.05, 0.1) is 12.2 Å². The molecule has 4 heteroatoms. The minimum Gasteiger partial charge on any atom is -0.382 e. The van der Waals surface area contributed by atoms with Crippen molar-refractivity contribution in [1.82, 2.24) is 0 Å². The van der Waals surface area contributed by atoms with Crippen molar-refractivity contribution >= 4 is 11.4 Å². The first-order valence-electron chi connectivity index (χ1n) is 13.4. The molecule has 2 aromatic rings. The Morgan fingerprint density at radius 2 is 1.03 bits per heavy atom. The summed E-state index contributed by atoms with van der Waals surface area (Å²) in [6, 6.07) is 18.2. The van der Waals surface area contributed by atoms with E-state index in [0.29, 0.717) is 24.3 Å². The quantitative estimate of drug-likeness (QED) is 0.475. The smallest absolute Gasteiger partial charge is 0.0566 e. The van der Waals surface area contributed by atoms with Gasteiger partial charge >= 0.3 is 0 Å². The molecular formula is C30H50N2O2. The molecule has 4 atom stereocenters. The highest BCUT2D eigenvalue weighted by atomic mass is 16.5. The number of nitrogens with one attached hydrogen (secondary N) is 2. The number of hydrogen-bond acceptors (Lipinski definition) is 4. The normalized spacial score (nSPS) is 23.5. The maximum atomic E-state index is 5.53. The Labute approximate surface area is 209 Å². The summed E-state index contributed by atoms with van der Waals surface area (Å²) in [5.74, 6) is 0. The Balaban J connectivity index is 0.000000297. The van der Waals surface area contributed by atoms with Crippen molar-refractivity contribution in [2.45, 2.75) is 105 Å². The lowest BCUT2D eigenvalue weighted by molar-refractivity contribution is 0.0230. The van der Waals surface area contributed by atoms with Crippen LogP contribution in [0.25, 0.3) is 0 Å². The first-order valence-corrected chi connectivity index (χ1v) is 13.4. The van der Waals surface area contributed by atoms with Crippen molar-refractivity contribution in [1.29, 1.82) is 0 Å². The predicted molar refractivity (Wildman–Crippen MR) is 149 cm³/mol. The van der Waals surface area contributed by atoms with Gasteiger partial charge in [0, 0.05) is 36.7 Å². The zero-order chi connectivity index (χ0) is 25.3. The molecule has 4 rings (SSSR count). The number of aryl methyl sites for hydroxylation is 2. The van der Waals surface area contributed by atoms with Crippen LogP contribution in [0.2, 0.25) is 0 Å². The molecule has 2 heterocycles. The second kappa shape index (κ2) is 17.4. The van der Waals surface area contributed by atoms with E-state index < -0.39 is 0 Å². The molecule has 2 fully saturated rings. The van der Waals surface area contributed by atoms with E-state index in [0.717, 1.165) is 38.9 Å². The average molecular weight is 471 g/mol. The third-order valence-corrected chi connectivity index (χ3v) is 5.75. The Morgan fingerprint density at radius 3 is 1.35 bits per heavy atom. The topological polar surface area (TPSA) is 42.5 Å². The van der Waals surface area contributed by atoms with E-state index in [9.17, 15) is 0 Å². The Hall–Kier alpha value is -2.04. The van der Waals surface area contributed by atoms with Gasteiger partial charge in [-0.2, -0.15) is 0 Å². The Bertz CT molecular complexity index is 714. The van der Waals surface area contributed by atoms with E-state index >= 15 is 0 Å². The lowest BCUT2D eigenvalue weighted by Gasteiger charge is -2.28. The molecule has 0 radical (unpaired) electrons. The minimum atomic E-state index is 0.390. The van der Waals surface area contributed by atoms with Crippen molar-refractivity contribution in [2.75, 3.05) is 23.8 Å². The standard InChI is InChI=1S/2C13H19NO.2C2H6/c2*1-10-4-3-5-12(8-10)14-13-6-7-15-11(2)9-13;2*1-2/h2*3-5,8,11,13-14H,6-7,9H2,1-2H3;2*1-2H3/t11-,13?;;;/m0.../s1. The molecule has 192 valence electrons. The van der Waals surface area contributed by atoms with Crippen molar-refractivity contribution in [3.63, 3.8) is 0 Å². The fourth-order valence-corrected chi connectivity index (χ4v) is 4.20. The van der Waals surface area contributed by atoms with Crippen LogP contribution in [0.15, 0.2) is 48.5 Å². The van der Waals surface area contributed by atoms with Crippen LogP contribution in [0.5, 0.6) is 0 Å². The fraction of sp³-hybridized carbons (Fsp3) is 0.600. The largest absolute Gasteiger partial charge is 0.382 e. The summed E-state index contributed by atoms with van der Waals surface area (Å²) in [7, 11) is 0. The monoisotopic (exact) mass is 470 g/mol. The van der Waals surface area contributed by atoms with E-state index in [4.69, 9.17) is 9.47 Å². The van der Waals surface area contributed by atoms with Gasteiger partial charge in [0.25, 0.3) is 0 Å². The molecule has 0 amide bonds. The van der Waals surface area contributed by atoms with Crippen LogP contribution in [-0.4, -0.2) is 37.5 Å². The van der Waals surface area contributed by atoms with Gasteiger partial charge in [0.15, 0.2) is 0 Å². The summed E-state index contributed by atoms with van der Waals surface area (Å²) in [5, 5.41) is 7.14. The summed E-state index contributed by atoms with van der Waals surface area (Å²) in [6.45, 7) is 18.3. The first kappa shape index (κ1) is 30.0. The summed E-state index contributed by atoms with van der Waals surface area (Å²) in [4.78, 5) is 0. The number of benzene rings is 2. The molecule has 0 saturated carbocycles. The van der Waals surface area contributed by atoms with Gasteiger partial charge < -0.3 is 20.1 Å². The number of anilines is 2. The lowest BCUT2D eigenvalue weighted by Crippen LogP contribution is -2.32. The minimum absolute atomic E-state index is 0.390. The Morgan fingerprint density at radius 1 is 0.647 bits per heavy atom. The molecule has 0 aromatic heterocycles. The van der Waals surface area contributed by atoms with Gasteiger partial charge in [-0.1, -0.05) is 52.0 Å². The molecule has 0 aliphatic carbocycles. The van der Waals surface area contributed by atoms with Crippen molar-refractivity contribution in [2.24, 2.45) is 0 Å². The third-order valence-electron chi connectivity index (χ3n) is 5.75. The molecule has 2 aliphatic rings. The van der Waals surface area contributed by atoms with Crippen molar-refractivity contribution in [3.8, 4) is 0 Å². The zero-order valence-electron chi connectivity index (χ0n) is 23.0. The van der Waals surface area contributed by atoms with Crippen LogP contribution in [0.4, 0.5) is 11.4 Å². The molecule has 4 nitrogen and oxygen atoms in total. The molecule has 0 bridgehead atoms. The number of ether oxygens (including phenoxy) is 2. The van der Waals surface area contributed by atoms with Crippen LogP contribution < -0.4 is 10.6 Å². The van der Waals surface area contributed by atoms with E-state index in [2.05, 4.69) is 86.9 Å². The van der Waals surface area contributed by atoms with Crippen LogP contribution in [0.3, 0.4) is 0 Å². The maximum Gasteiger partial charge on any atom is 0.0566 e. The first-order chi connectivity index (χ1) is 16.5. The summed E-state index contributed by atoms with van der Waals surface area (Å²) in [5.41, 5.74) is 5.07. The Kier molecular flexibility index (Phi) is 15.4. The van der Waals surface area contributed by atoms with Crippen LogP contribution in [0.1, 0.15) is 78.4 Å². The second-order valence-electron chi connectivity index (χ2n) is 8.83. The average Bonchev–Trinajstić information content (AvgIpc) is 2.82. The summed E-state index contributed by atoms with van der Waals surface area (Å²) >= 11 is 0. The fourth-order valence-electron chi connectivity index (χ4n) is 4.20. The molecule has 2 aliphatic heterocycles. The molecular weight excluding hydrogens is 420 g/mol. The van der Waals surface area contributed by atoms with Crippen LogP contribution >= 0.6 is 0 Å². The van der Waals surface area contributed by atoms with Gasteiger partial charge in [0.2, 0.25) is 0 Å². The molecule has 2 saturated heterocycles. The van der Waals surface area contributed by atoms with Gasteiger partial charge in [-0.15, -0.1) is 0 Å². The maximum absolute atomic E-state index is 5.53. The molecule has 3 unspecified atom stereocenters. The third kappa shape index (κ3) is 11.9. The summed E-state index contributed by atoms with van der Waals surface area (Å²) < 4.78 is 11.1. The number of hydrogen-bond donors (Lipinski definition) is 2. The van der Waals surface area contributed by atoms with E-state index in [-0.39, 0.29) is 0 Å². The van der Waals surface area contributed by atoms with E-state index in [1.807, 2.05) is 27.7 Å². The van der Waals surface area contributed by atoms with Gasteiger partial charge in [-0.3, -0.25) is 0 Å². The summed E-state index contributed by atoms with van der Waals surface area (Å²) in [6.07, 6.45) is 5.21. The highest BCUT2D eigenvalue weighted by Gasteiger charge is 2.19. The molecule has 2 aromatic carbocycles. The highest BCUT2D eigenvalue weighted by Crippen LogP contribution is 2.20. The lowest BCUT2D eigenvalue weighted by atomic mass is 10.0. The van der Waals surface area contributed by atoms with Gasteiger partial charge in [0.1, 0.15) is 0 Å². The van der Waals surface area contributed by atoms with Crippen molar-refractivity contribution in [3.05, 3.63) is 59.7 Å². The van der Waals surface area contributed by atoms with Gasteiger partial charge in [-0.05, 0) is 88.8 Å². The van der Waals surface area contributed by atoms with E-state index in [1.165, 1.54) is 22.5 Å². The van der Waals surface area contributed by atoms with Crippen LogP contribution in [-0.2, 0) is 9.47 Å². The van der Waals surface area contributed by atoms with Crippen LogP contribution in [0, 0.1) is 13.8 Å². The molecule has 0 spiro atoms. The molecule has 34 heavy (non-hydrogen) atoms. The van der Waals surface area contributed by atoms with Crippen molar-refractivity contribution < 1.29 is 9.47 Å². The number of rotatable bonds is 4. The zero-order valence-corrected chi connectivity index (χ0v) is 23.0. The highest BCUT2D eigenvalue weighted by molar-refractivity contribution is 5.47. The molecule has 2 N–H and O–H groups in total. The SMILES string of the molecule is CC.CC.Cc1cccc(NC2CCOC(C)C2)c1.Cc1cccc(NC2CCO[C@@H](C)C2)c1.